The number of rotatable bonds is 4. The van der Waals surface area contributed by atoms with Crippen molar-refractivity contribution in [2.75, 3.05) is 6.61 Å². The number of aliphatic hydroxyl groups is 1. The van der Waals surface area contributed by atoms with Crippen LogP contribution in [0.5, 0.6) is 0 Å². The van der Waals surface area contributed by atoms with Gasteiger partial charge in [-0.05, 0) is 19.1 Å². The summed E-state index contributed by atoms with van der Waals surface area (Å²) >= 11 is 5.36. The zero-order valence-corrected chi connectivity index (χ0v) is 9.80. The van der Waals surface area contributed by atoms with Crippen LogP contribution in [0.15, 0.2) is 12.1 Å². The van der Waals surface area contributed by atoms with Gasteiger partial charge in [0.05, 0.1) is 24.2 Å². The molecule has 17 heavy (non-hydrogen) atoms. The van der Waals surface area contributed by atoms with E-state index in [2.05, 4.69) is 4.74 Å². The number of ether oxygens (including phenoxy) is 1. The number of halogens is 3. The Bertz CT molecular complexity index is 423. The zero-order valence-electron chi connectivity index (χ0n) is 9.04. The van der Waals surface area contributed by atoms with Crippen LogP contribution in [0.3, 0.4) is 0 Å². The van der Waals surface area contributed by atoms with E-state index in [1.165, 1.54) is 0 Å². The minimum Gasteiger partial charge on any atom is -0.466 e. The van der Waals surface area contributed by atoms with Gasteiger partial charge in [-0.3, -0.25) is 4.79 Å². The molecule has 0 fully saturated rings. The van der Waals surface area contributed by atoms with E-state index in [1.54, 1.807) is 6.92 Å². The molecule has 94 valence electrons. The summed E-state index contributed by atoms with van der Waals surface area (Å²) < 4.78 is 31.0. The molecule has 1 aromatic rings. The number of hydrogen-bond acceptors (Lipinski definition) is 3. The summed E-state index contributed by atoms with van der Waals surface area (Å²) in [5.41, 5.74) is -0.319. The molecule has 0 aliphatic rings. The van der Waals surface area contributed by atoms with E-state index in [4.69, 9.17) is 11.6 Å². The fraction of sp³-hybridized carbons (Fsp3) is 0.364. The Morgan fingerprint density at radius 2 is 2.12 bits per heavy atom. The number of esters is 1. The van der Waals surface area contributed by atoms with Gasteiger partial charge in [0.1, 0.15) is 11.6 Å². The molecular weight excluding hydrogens is 254 g/mol. The lowest BCUT2D eigenvalue weighted by atomic mass is 10.1. The van der Waals surface area contributed by atoms with Gasteiger partial charge in [-0.2, -0.15) is 0 Å². The van der Waals surface area contributed by atoms with E-state index < -0.39 is 30.1 Å². The SMILES string of the molecule is CCOC(=O)CC(O)c1cc(F)c(Cl)cc1F. The molecule has 3 nitrogen and oxygen atoms in total. The minimum absolute atomic E-state index is 0.156. The van der Waals surface area contributed by atoms with E-state index >= 15 is 0 Å². The molecule has 0 aliphatic carbocycles. The van der Waals surface area contributed by atoms with Gasteiger partial charge in [-0.15, -0.1) is 0 Å². The van der Waals surface area contributed by atoms with Crippen molar-refractivity contribution >= 4 is 17.6 Å². The molecule has 0 aromatic heterocycles. The maximum atomic E-state index is 13.4. The monoisotopic (exact) mass is 264 g/mol. The highest BCUT2D eigenvalue weighted by molar-refractivity contribution is 6.30. The van der Waals surface area contributed by atoms with E-state index in [-0.39, 0.29) is 17.2 Å². The maximum Gasteiger partial charge on any atom is 0.308 e. The van der Waals surface area contributed by atoms with Crippen LogP contribution in [0.4, 0.5) is 8.78 Å². The fourth-order valence-corrected chi connectivity index (χ4v) is 1.43. The average molecular weight is 265 g/mol. The third kappa shape index (κ3) is 3.64. The molecule has 0 saturated carbocycles. The van der Waals surface area contributed by atoms with Gasteiger partial charge in [-0.25, -0.2) is 8.78 Å². The summed E-state index contributed by atoms with van der Waals surface area (Å²) in [5.74, 6) is -2.41. The first-order valence-corrected chi connectivity index (χ1v) is 5.31. The molecular formula is C11H11ClF2O3. The minimum atomic E-state index is -1.46. The standard InChI is InChI=1S/C11H11ClF2O3/c1-2-17-11(16)5-10(15)6-3-9(14)7(12)4-8(6)13/h3-4,10,15H,2,5H2,1H3. The van der Waals surface area contributed by atoms with Gasteiger partial charge < -0.3 is 9.84 Å². The van der Waals surface area contributed by atoms with Crippen molar-refractivity contribution in [3.05, 3.63) is 34.4 Å². The van der Waals surface area contributed by atoms with Crippen LogP contribution in [0.25, 0.3) is 0 Å². The summed E-state index contributed by atoms with van der Waals surface area (Å²) in [5, 5.41) is 9.18. The molecule has 0 bridgehead atoms. The largest absolute Gasteiger partial charge is 0.466 e. The third-order valence-corrected chi connectivity index (χ3v) is 2.35. The summed E-state index contributed by atoms with van der Waals surface area (Å²) in [6.07, 6.45) is -1.90. The zero-order chi connectivity index (χ0) is 13.0. The highest BCUT2D eigenvalue weighted by atomic mass is 35.5. The highest BCUT2D eigenvalue weighted by Gasteiger charge is 2.19. The molecule has 1 atom stereocenters. The van der Waals surface area contributed by atoms with Gasteiger partial charge in [0.15, 0.2) is 0 Å². The Morgan fingerprint density at radius 1 is 1.47 bits per heavy atom. The number of aliphatic hydroxyl groups excluding tert-OH is 1. The Hall–Kier alpha value is -1.20. The van der Waals surface area contributed by atoms with Crippen LogP contribution in [0.1, 0.15) is 25.0 Å². The molecule has 6 heteroatoms. The lowest BCUT2D eigenvalue weighted by Crippen LogP contribution is -2.11. The van der Waals surface area contributed by atoms with Crippen LogP contribution in [-0.2, 0) is 9.53 Å². The second kappa shape index (κ2) is 5.93. The van der Waals surface area contributed by atoms with Crippen LogP contribution in [-0.4, -0.2) is 17.7 Å². The first kappa shape index (κ1) is 13.9. The Kier molecular flexibility index (Phi) is 4.84. The molecule has 1 unspecified atom stereocenters. The summed E-state index contributed by atoms with van der Waals surface area (Å²) in [6, 6.07) is 1.52. The highest BCUT2D eigenvalue weighted by Crippen LogP contribution is 2.25. The Balaban J connectivity index is 2.85. The van der Waals surface area contributed by atoms with Crippen molar-refractivity contribution < 1.29 is 23.4 Å². The third-order valence-electron chi connectivity index (χ3n) is 2.06. The second-order valence-electron chi connectivity index (χ2n) is 3.31. The lowest BCUT2D eigenvalue weighted by molar-refractivity contribution is -0.145. The predicted molar refractivity (Wildman–Crippen MR) is 57.6 cm³/mol. The van der Waals surface area contributed by atoms with Crippen LogP contribution in [0, 0.1) is 11.6 Å². The number of carbonyl (C=O) groups excluding carboxylic acids is 1. The number of carbonyl (C=O) groups is 1. The van der Waals surface area contributed by atoms with Crippen LogP contribution < -0.4 is 0 Å². The number of benzene rings is 1. The second-order valence-corrected chi connectivity index (χ2v) is 3.72. The molecule has 0 amide bonds. The van der Waals surface area contributed by atoms with Crippen molar-refractivity contribution in [3.8, 4) is 0 Å². The summed E-state index contributed by atoms with van der Waals surface area (Å²) in [7, 11) is 0. The molecule has 0 spiro atoms. The quantitative estimate of drug-likeness (QED) is 0.672. The molecule has 0 saturated heterocycles. The molecule has 1 aromatic carbocycles. The number of hydrogen-bond donors (Lipinski definition) is 1. The van der Waals surface area contributed by atoms with Crippen molar-refractivity contribution in [1.29, 1.82) is 0 Å². The Morgan fingerprint density at radius 3 is 2.71 bits per heavy atom. The van der Waals surface area contributed by atoms with E-state index in [0.717, 1.165) is 12.1 Å². The molecule has 0 aliphatic heterocycles. The van der Waals surface area contributed by atoms with Crippen molar-refractivity contribution in [1.82, 2.24) is 0 Å². The van der Waals surface area contributed by atoms with Crippen molar-refractivity contribution in [2.45, 2.75) is 19.4 Å². The lowest BCUT2D eigenvalue weighted by Gasteiger charge is -2.11. The smallest absolute Gasteiger partial charge is 0.308 e. The van der Waals surface area contributed by atoms with E-state index in [1.807, 2.05) is 0 Å². The van der Waals surface area contributed by atoms with Gasteiger partial charge in [0, 0.05) is 5.56 Å². The fourth-order valence-electron chi connectivity index (χ4n) is 1.28. The maximum absolute atomic E-state index is 13.4. The first-order valence-electron chi connectivity index (χ1n) is 4.93. The van der Waals surface area contributed by atoms with Gasteiger partial charge in [0.25, 0.3) is 0 Å². The molecule has 0 radical (unpaired) electrons. The van der Waals surface area contributed by atoms with E-state index in [9.17, 15) is 18.7 Å². The normalized spacial score (nSPS) is 12.3. The molecule has 0 heterocycles. The predicted octanol–water partition coefficient (Wildman–Crippen LogP) is 2.60. The summed E-state index contributed by atoms with van der Waals surface area (Å²) in [6.45, 7) is 1.76. The summed E-state index contributed by atoms with van der Waals surface area (Å²) in [4.78, 5) is 11.1. The van der Waals surface area contributed by atoms with Crippen molar-refractivity contribution in [2.24, 2.45) is 0 Å². The van der Waals surface area contributed by atoms with Gasteiger partial charge in [0.2, 0.25) is 0 Å². The van der Waals surface area contributed by atoms with E-state index in [0.29, 0.717) is 0 Å². The van der Waals surface area contributed by atoms with Crippen molar-refractivity contribution in [3.63, 3.8) is 0 Å². The molecule has 1 N–H and O–H groups in total. The van der Waals surface area contributed by atoms with Crippen LogP contribution >= 0.6 is 11.6 Å². The Labute approximate surface area is 102 Å². The van der Waals surface area contributed by atoms with Gasteiger partial charge in [-0.1, -0.05) is 11.6 Å². The average Bonchev–Trinajstić information content (AvgIpc) is 2.23. The topological polar surface area (TPSA) is 46.5 Å². The first-order chi connectivity index (χ1) is 7.95. The van der Waals surface area contributed by atoms with Crippen LogP contribution in [0.2, 0.25) is 5.02 Å². The van der Waals surface area contributed by atoms with Gasteiger partial charge >= 0.3 is 5.97 Å². The molecule has 1 rings (SSSR count).